The van der Waals surface area contributed by atoms with Crippen LogP contribution >= 0.6 is 0 Å². The minimum absolute atomic E-state index is 0.210. The van der Waals surface area contributed by atoms with Crippen molar-refractivity contribution in [1.82, 2.24) is 0 Å². The molecule has 1 N–H and O–H groups in total. The molecule has 0 aliphatic carbocycles. The van der Waals surface area contributed by atoms with Crippen molar-refractivity contribution in [3.05, 3.63) is 23.3 Å². The summed E-state index contributed by atoms with van der Waals surface area (Å²) in [5, 5.41) is 10.5. The molecule has 3 unspecified atom stereocenters. The average Bonchev–Trinajstić information content (AvgIpc) is 2.77. The molecule has 1 heterocycles. The van der Waals surface area contributed by atoms with E-state index in [0.29, 0.717) is 12.5 Å². The molecule has 20 heavy (non-hydrogen) atoms. The summed E-state index contributed by atoms with van der Waals surface area (Å²) in [5.41, 5.74) is 2.04. The quantitative estimate of drug-likeness (QED) is 0.858. The van der Waals surface area contributed by atoms with E-state index in [1.807, 2.05) is 19.1 Å². The van der Waals surface area contributed by atoms with E-state index in [9.17, 15) is 5.11 Å². The van der Waals surface area contributed by atoms with Crippen molar-refractivity contribution in [2.24, 2.45) is 5.92 Å². The van der Waals surface area contributed by atoms with Gasteiger partial charge in [-0.15, -0.1) is 0 Å². The highest BCUT2D eigenvalue weighted by Crippen LogP contribution is 2.39. The van der Waals surface area contributed by atoms with Gasteiger partial charge >= 0.3 is 0 Å². The Labute approximate surface area is 121 Å². The molecule has 3 nitrogen and oxygen atoms in total. The number of hydrogen-bond donors (Lipinski definition) is 1. The summed E-state index contributed by atoms with van der Waals surface area (Å²) in [6.45, 7) is 8.95. The summed E-state index contributed by atoms with van der Waals surface area (Å²) in [6.07, 6.45) is 2.46. The fourth-order valence-electron chi connectivity index (χ4n) is 2.67. The summed E-state index contributed by atoms with van der Waals surface area (Å²) in [7, 11) is 0. The zero-order valence-electron chi connectivity index (χ0n) is 13.0. The first-order chi connectivity index (χ1) is 9.55. The monoisotopic (exact) mass is 278 g/mol. The SMILES string of the molecule is CCOc1cc2c(cc1C(O)CC(C)CC)OC(C)C2. The molecule has 1 aromatic rings. The summed E-state index contributed by atoms with van der Waals surface area (Å²) < 4.78 is 11.5. The average molecular weight is 278 g/mol. The van der Waals surface area contributed by atoms with E-state index in [4.69, 9.17) is 9.47 Å². The van der Waals surface area contributed by atoms with Gasteiger partial charge in [0.05, 0.1) is 12.7 Å². The van der Waals surface area contributed by atoms with Crippen LogP contribution < -0.4 is 9.47 Å². The van der Waals surface area contributed by atoms with Gasteiger partial charge in [-0.05, 0) is 38.3 Å². The maximum Gasteiger partial charge on any atom is 0.125 e. The van der Waals surface area contributed by atoms with E-state index in [1.54, 1.807) is 0 Å². The first-order valence-corrected chi connectivity index (χ1v) is 7.69. The molecule has 3 atom stereocenters. The predicted molar refractivity (Wildman–Crippen MR) is 80.4 cm³/mol. The smallest absolute Gasteiger partial charge is 0.125 e. The van der Waals surface area contributed by atoms with Gasteiger partial charge in [-0.3, -0.25) is 0 Å². The first-order valence-electron chi connectivity index (χ1n) is 7.69. The van der Waals surface area contributed by atoms with Crippen LogP contribution in [0.3, 0.4) is 0 Å². The minimum Gasteiger partial charge on any atom is -0.493 e. The van der Waals surface area contributed by atoms with Gasteiger partial charge in [0.25, 0.3) is 0 Å². The highest BCUT2D eigenvalue weighted by atomic mass is 16.5. The van der Waals surface area contributed by atoms with E-state index in [-0.39, 0.29) is 6.10 Å². The van der Waals surface area contributed by atoms with Crippen LogP contribution in [-0.2, 0) is 6.42 Å². The van der Waals surface area contributed by atoms with Gasteiger partial charge < -0.3 is 14.6 Å². The summed E-state index contributed by atoms with van der Waals surface area (Å²) >= 11 is 0. The Kier molecular flexibility index (Phi) is 4.92. The molecule has 0 spiro atoms. The second kappa shape index (κ2) is 6.49. The molecule has 0 fully saturated rings. The number of aliphatic hydroxyl groups excluding tert-OH is 1. The molecule has 2 rings (SSSR count). The standard InChI is InChI=1S/C17H26O3/c1-5-11(3)7-15(18)14-10-16-13(8-12(4)20-16)9-17(14)19-6-2/h9-12,15,18H,5-8H2,1-4H3. The van der Waals surface area contributed by atoms with Crippen molar-refractivity contribution in [2.75, 3.05) is 6.61 Å². The van der Waals surface area contributed by atoms with Crippen LogP contribution in [-0.4, -0.2) is 17.8 Å². The van der Waals surface area contributed by atoms with Gasteiger partial charge in [-0.2, -0.15) is 0 Å². The van der Waals surface area contributed by atoms with Gasteiger partial charge in [0.1, 0.15) is 17.6 Å². The van der Waals surface area contributed by atoms with E-state index in [2.05, 4.69) is 20.8 Å². The molecule has 1 aliphatic heterocycles. The number of rotatable bonds is 6. The number of aliphatic hydroxyl groups is 1. The molecular weight excluding hydrogens is 252 g/mol. The third-order valence-corrected chi connectivity index (χ3v) is 4.01. The normalized spacial score (nSPS) is 20.1. The molecule has 0 saturated carbocycles. The van der Waals surface area contributed by atoms with Crippen LogP contribution in [0, 0.1) is 5.92 Å². The fourth-order valence-corrected chi connectivity index (χ4v) is 2.67. The highest BCUT2D eigenvalue weighted by Gasteiger charge is 2.24. The summed E-state index contributed by atoms with van der Waals surface area (Å²) in [4.78, 5) is 0. The van der Waals surface area contributed by atoms with Crippen molar-refractivity contribution in [2.45, 2.75) is 59.2 Å². The lowest BCUT2D eigenvalue weighted by molar-refractivity contribution is 0.141. The molecule has 0 aromatic heterocycles. The summed E-state index contributed by atoms with van der Waals surface area (Å²) in [6, 6.07) is 4.01. The first kappa shape index (κ1) is 15.2. The van der Waals surface area contributed by atoms with Crippen LogP contribution in [0.5, 0.6) is 11.5 Å². The Bertz CT molecular complexity index is 456. The Balaban J connectivity index is 2.28. The van der Waals surface area contributed by atoms with Crippen molar-refractivity contribution >= 4 is 0 Å². The maximum absolute atomic E-state index is 10.5. The van der Waals surface area contributed by atoms with Crippen molar-refractivity contribution in [3.8, 4) is 11.5 Å². The lowest BCUT2D eigenvalue weighted by Gasteiger charge is -2.19. The van der Waals surface area contributed by atoms with Crippen LogP contribution in [0.15, 0.2) is 12.1 Å². The molecule has 3 heteroatoms. The Morgan fingerprint density at radius 2 is 2.15 bits per heavy atom. The van der Waals surface area contributed by atoms with Crippen LogP contribution in [0.2, 0.25) is 0 Å². The van der Waals surface area contributed by atoms with E-state index in [1.165, 1.54) is 5.56 Å². The molecule has 112 valence electrons. The second-order valence-corrected chi connectivity index (χ2v) is 5.83. The molecular formula is C17H26O3. The number of hydrogen-bond acceptors (Lipinski definition) is 3. The molecule has 1 aliphatic rings. The Morgan fingerprint density at radius 1 is 1.40 bits per heavy atom. The molecule has 0 amide bonds. The number of ether oxygens (including phenoxy) is 2. The van der Waals surface area contributed by atoms with E-state index >= 15 is 0 Å². The van der Waals surface area contributed by atoms with Crippen molar-refractivity contribution < 1.29 is 14.6 Å². The zero-order valence-corrected chi connectivity index (χ0v) is 13.0. The predicted octanol–water partition coefficient (Wildman–Crippen LogP) is 3.88. The number of fused-ring (bicyclic) bond motifs is 1. The Hall–Kier alpha value is -1.22. The van der Waals surface area contributed by atoms with Crippen LogP contribution in [0.25, 0.3) is 0 Å². The summed E-state index contributed by atoms with van der Waals surface area (Å²) in [5.74, 6) is 2.20. The molecule has 0 saturated heterocycles. The molecule has 0 radical (unpaired) electrons. The molecule has 1 aromatic carbocycles. The highest BCUT2D eigenvalue weighted by molar-refractivity contribution is 5.49. The minimum atomic E-state index is -0.490. The van der Waals surface area contributed by atoms with Gasteiger partial charge in [0.2, 0.25) is 0 Å². The van der Waals surface area contributed by atoms with E-state index in [0.717, 1.165) is 36.3 Å². The fraction of sp³-hybridized carbons (Fsp3) is 0.647. The second-order valence-electron chi connectivity index (χ2n) is 5.83. The largest absolute Gasteiger partial charge is 0.493 e. The lowest BCUT2D eigenvalue weighted by Crippen LogP contribution is -2.07. The Morgan fingerprint density at radius 3 is 2.80 bits per heavy atom. The molecule has 0 bridgehead atoms. The van der Waals surface area contributed by atoms with Gasteiger partial charge in [0.15, 0.2) is 0 Å². The van der Waals surface area contributed by atoms with Gasteiger partial charge in [0, 0.05) is 17.5 Å². The van der Waals surface area contributed by atoms with E-state index < -0.39 is 6.10 Å². The van der Waals surface area contributed by atoms with Crippen molar-refractivity contribution in [3.63, 3.8) is 0 Å². The van der Waals surface area contributed by atoms with Gasteiger partial charge in [-0.25, -0.2) is 0 Å². The third kappa shape index (κ3) is 3.26. The number of benzene rings is 1. The van der Waals surface area contributed by atoms with Gasteiger partial charge in [-0.1, -0.05) is 20.3 Å². The van der Waals surface area contributed by atoms with Crippen LogP contribution in [0.1, 0.15) is 57.8 Å². The maximum atomic E-state index is 10.5. The van der Waals surface area contributed by atoms with Crippen molar-refractivity contribution in [1.29, 1.82) is 0 Å². The lowest BCUT2D eigenvalue weighted by atomic mass is 9.94. The topological polar surface area (TPSA) is 38.7 Å². The third-order valence-electron chi connectivity index (χ3n) is 4.01. The van der Waals surface area contributed by atoms with Crippen LogP contribution in [0.4, 0.5) is 0 Å². The zero-order chi connectivity index (χ0) is 14.7.